The number of piperidine rings is 1. The first kappa shape index (κ1) is 14.8. The first-order valence-electron chi connectivity index (χ1n) is 6.88. The number of nitrogens with zero attached hydrogens (tertiary/aromatic N) is 1. The van der Waals surface area contributed by atoms with Crippen LogP contribution in [-0.4, -0.2) is 56.8 Å². The van der Waals surface area contributed by atoms with Crippen LogP contribution in [-0.2, 0) is 0 Å². The summed E-state index contributed by atoms with van der Waals surface area (Å²) in [5.41, 5.74) is -0.757. The number of amides is 1. The van der Waals surface area contributed by atoms with Gasteiger partial charge < -0.3 is 25.1 Å². The molecule has 7 nitrogen and oxygen atoms in total. The summed E-state index contributed by atoms with van der Waals surface area (Å²) in [6.45, 7) is 2.56. The summed E-state index contributed by atoms with van der Waals surface area (Å²) >= 11 is 0. The number of carbonyl (C=O) groups excluding carboxylic acids is 1. The van der Waals surface area contributed by atoms with Gasteiger partial charge in [0.2, 0.25) is 0 Å². The predicted octanol–water partition coefficient (Wildman–Crippen LogP) is -0.311. The quantitative estimate of drug-likeness (QED) is 0.607. The Balaban J connectivity index is 2.08. The molecule has 4 N–H and O–H groups in total. The first-order valence-corrected chi connectivity index (χ1v) is 6.88. The van der Waals surface area contributed by atoms with Crippen molar-refractivity contribution in [3.8, 4) is 0 Å². The van der Waals surface area contributed by atoms with E-state index in [1.165, 1.54) is 11.1 Å². The first-order chi connectivity index (χ1) is 9.52. The topological polar surface area (TPSA) is 109 Å². The monoisotopic (exact) mass is 283 g/mol. The number of nitrogens with one attached hydrogen (secondary N) is 2. The lowest BCUT2D eigenvalue weighted by atomic mass is 9.73. The number of rotatable bonds is 4. The maximum absolute atomic E-state index is 12.2. The molecule has 0 saturated carbocycles. The summed E-state index contributed by atoms with van der Waals surface area (Å²) in [5.74, 6) is -0.314. The largest absolute Gasteiger partial charge is 0.396 e. The smallest absolute Gasteiger partial charge is 0.323 e. The van der Waals surface area contributed by atoms with E-state index in [1.807, 2.05) is 6.92 Å². The molecule has 112 valence electrons. The summed E-state index contributed by atoms with van der Waals surface area (Å²) in [7, 11) is 0. The van der Waals surface area contributed by atoms with Crippen LogP contribution in [0.4, 0.5) is 0 Å². The number of β-amino-alcohol motifs (C(OH)–C–C–N with tert-alkyl or cyclic N) is 1. The Morgan fingerprint density at radius 3 is 2.85 bits per heavy atom. The molecule has 1 aliphatic rings. The zero-order chi connectivity index (χ0) is 14.8. The number of likely N-dealkylation sites (tertiary alicyclic amines) is 1. The fraction of sp³-hybridized carbons (Fsp3) is 0.692. The van der Waals surface area contributed by atoms with Crippen LogP contribution in [0.2, 0.25) is 0 Å². The molecule has 1 amide bonds. The van der Waals surface area contributed by atoms with E-state index in [-0.39, 0.29) is 24.8 Å². The molecule has 20 heavy (non-hydrogen) atoms. The minimum Gasteiger partial charge on any atom is -0.396 e. The maximum Gasteiger partial charge on any atom is 0.323 e. The molecular formula is C13H21N3O4. The van der Waals surface area contributed by atoms with Gasteiger partial charge in [-0.25, -0.2) is 4.79 Å². The van der Waals surface area contributed by atoms with Crippen molar-refractivity contribution in [1.29, 1.82) is 0 Å². The Morgan fingerprint density at radius 2 is 2.35 bits per heavy atom. The van der Waals surface area contributed by atoms with Crippen molar-refractivity contribution in [2.45, 2.75) is 32.3 Å². The van der Waals surface area contributed by atoms with Gasteiger partial charge in [0, 0.05) is 24.7 Å². The summed E-state index contributed by atoms with van der Waals surface area (Å²) in [4.78, 5) is 29.5. The minimum atomic E-state index is -0.754. The van der Waals surface area contributed by atoms with Crippen LogP contribution in [0, 0.1) is 5.41 Å². The highest BCUT2D eigenvalue weighted by molar-refractivity contribution is 5.92. The van der Waals surface area contributed by atoms with Gasteiger partial charge >= 0.3 is 5.69 Å². The number of hydrogen-bond donors (Lipinski definition) is 4. The fourth-order valence-corrected chi connectivity index (χ4v) is 2.87. The second-order valence-electron chi connectivity index (χ2n) is 5.44. The molecule has 0 bridgehead atoms. The molecule has 0 spiro atoms. The number of aromatic nitrogens is 2. The van der Waals surface area contributed by atoms with Crippen molar-refractivity contribution in [2.75, 3.05) is 19.7 Å². The highest BCUT2D eigenvalue weighted by Gasteiger charge is 2.42. The van der Waals surface area contributed by atoms with Gasteiger partial charge in [-0.3, -0.25) is 4.79 Å². The van der Waals surface area contributed by atoms with E-state index in [0.717, 1.165) is 12.8 Å². The van der Waals surface area contributed by atoms with Crippen molar-refractivity contribution in [2.24, 2.45) is 5.41 Å². The predicted molar refractivity (Wildman–Crippen MR) is 72.4 cm³/mol. The van der Waals surface area contributed by atoms with E-state index in [1.54, 1.807) is 0 Å². The normalized spacial score (nSPS) is 26.8. The van der Waals surface area contributed by atoms with E-state index < -0.39 is 17.2 Å². The van der Waals surface area contributed by atoms with Crippen LogP contribution in [0.1, 0.15) is 36.7 Å². The highest BCUT2D eigenvalue weighted by atomic mass is 16.3. The molecule has 1 saturated heterocycles. The van der Waals surface area contributed by atoms with E-state index >= 15 is 0 Å². The Labute approximate surface area is 116 Å². The van der Waals surface area contributed by atoms with Crippen LogP contribution < -0.4 is 5.69 Å². The zero-order valence-electron chi connectivity index (χ0n) is 11.6. The van der Waals surface area contributed by atoms with E-state index in [0.29, 0.717) is 13.0 Å². The van der Waals surface area contributed by atoms with Crippen molar-refractivity contribution < 1.29 is 15.0 Å². The Kier molecular flexibility index (Phi) is 4.29. The molecular weight excluding hydrogens is 262 g/mol. The van der Waals surface area contributed by atoms with Gasteiger partial charge in [-0.15, -0.1) is 0 Å². The summed E-state index contributed by atoms with van der Waals surface area (Å²) in [5, 5.41) is 19.9. The van der Waals surface area contributed by atoms with Crippen LogP contribution in [0.15, 0.2) is 11.0 Å². The lowest BCUT2D eigenvalue weighted by Gasteiger charge is -2.44. The van der Waals surface area contributed by atoms with Gasteiger partial charge in [0.15, 0.2) is 0 Å². The van der Waals surface area contributed by atoms with Crippen LogP contribution in [0.3, 0.4) is 0 Å². The molecule has 0 aliphatic carbocycles. The maximum atomic E-state index is 12.2. The third-order valence-electron chi connectivity index (χ3n) is 4.16. The molecule has 2 rings (SSSR count). The van der Waals surface area contributed by atoms with Gasteiger partial charge in [-0.05, 0) is 12.8 Å². The standard InChI is InChI=1S/C13H21N3O4/c1-2-3-13(8-17)4-5-16(7-10(13)18)11(19)9-6-14-12(20)15-9/h6,10,17-18H,2-5,7-8H2,1H3,(H2,14,15,20)/t10-,13-/m1/s1. The summed E-state index contributed by atoms with van der Waals surface area (Å²) in [6.07, 6.45) is 2.73. The molecule has 0 radical (unpaired) electrons. The Hall–Kier alpha value is -1.60. The van der Waals surface area contributed by atoms with Crippen LogP contribution >= 0.6 is 0 Å². The second-order valence-corrected chi connectivity index (χ2v) is 5.44. The molecule has 7 heteroatoms. The van der Waals surface area contributed by atoms with Gasteiger partial charge in [0.25, 0.3) is 5.91 Å². The second kappa shape index (κ2) is 5.80. The number of H-pyrrole nitrogens is 2. The molecule has 2 heterocycles. The Bertz CT molecular complexity index is 524. The van der Waals surface area contributed by atoms with Crippen molar-refractivity contribution >= 4 is 5.91 Å². The molecule has 0 aromatic carbocycles. The van der Waals surface area contributed by atoms with Gasteiger partial charge in [0.1, 0.15) is 5.69 Å². The summed E-state index contributed by atoms with van der Waals surface area (Å²) < 4.78 is 0. The third kappa shape index (κ3) is 2.64. The van der Waals surface area contributed by atoms with E-state index in [9.17, 15) is 19.8 Å². The van der Waals surface area contributed by atoms with E-state index in [4.69, 9.17) is 0 Å². The van der Waals surface area contributed by atoms with Gasteiger partial charge in [-0.1, -0.05) is 13.3 Å². The molecule has 2 atom stereocenters. The molecule has 1 aromatic rings. The SMILES string of the molecule is CCC[C@]1(CO)CCN(C(=O)c2c[nH]c(=O)[nH]2)C[C@H]1O. The number of carbonyl (C=O) groups is 1. The third-order valence-corrected chi connectivity index (χ3v) is 4.16. The number of hydrogen-bond acceptors (Lipinski definition) is 4. The Morgan fingerprint density at radius 1 is 1.60 bits per heavy atom. The highest BCUT2D eigenvalue weighted by Crippen LogP contribution is 2.36. The van der Waals surface area contributed by atoms with Crippen LogP contribution in [0.25, 0.3) is 0 Å². The number of imidazole rings is 1. The van der Waals surface area contributed by atoms with Gasteiger partial charge in [-0.2, -0.15) is 0 Å². The molecule has 1 fully saturated rings. The molecule has 1 aromatic heterocycles. The fourth-order valence-electron chi connectivity index (χ4n) is 2.87. The lowest BCUT2D eigenvalue weighted by molar-refractivity contribution is -0.0714. The number of aromatic amines is 2. The van der Waals surface area contributed by atoms with Crippen molar-refractivity contribution in [1.82, 2.24) is 14.9 Å². The molecule has 1 aliphatic heterocycles. The minimum absolute atomic E-state index is 0.0783. The zero-order valence-corrected chi connectivity index (χ0v) is 11.6. The van der Waals surface area contributed by atoms with E-state index in [2.05, 4.69) is 9.97 Å². The number of aliphatic hydroxyl groups is 2. The van der Waals surface area contributed by atoms with Crippen molar-refractivity contribution in [3.05, 3.63) is 22.4 Å². The van der Waals surface area contributed by atoms with Crippen LogP contribution in [0.5, 0.6) is 0 Å². The number of aliphatic hydroxyl groups excluding tert-OH is 2. The van der Waals surface area contributed by atoms with Crippen molar-refractivity contribution in [3.63, 3.8) is 0 Å². The summed E-state index contributed by atoms with van der Waals surface area (Å²) in [6, 6.07) is 0. The average molecular weight is 283 g/mol. The molecule has 0 unspecified atom stereocenters. The average Bonchev–Trinajstić information content (AvgIpc) is 2.87. The lowest BCUT2D eigenvalue weighted by Crippen LogP contribution is -2.54. The van der Waals surface area contributed by atoms with Gasteiger partial charge in [0.05, 0.1) is 12.7 Å².